The molecule has 0 radical (unpaired) electrons. The van der Waals surface area contributed by atoms with E-state index in [1.54, 1.807) is 6.20 Å². The van der Waals surface area contributed by atoms with Crippen LogP contribution in [0.1, 0.15) is 41.6 Å². The highest BCUT2D eigenvalue weighted by Crippen LogP contribution is 2.30. The normalized spacial score (nSPS) is 15.0. The molecule has 1 fully saturated rings. The fourth-order valence-corrected chi connectivity index (χ4v) is 3.95. The number of unbranched alkanes of at least 4 members (excludes halogenated alkanes) is 1. The Morgan fingerprint density at radius 1 is 1.25 bits per heavy atom. The van der Waals surface area contributed by atoms with Crippen LogP contribution in [0.15, 0.2) is 24.4 Å². The van der Waals surface area contributed by atoms with Gasteiger partial charge in [-0.1, -0.05) is 30.7 Å². The van der Waals surface area contributed by atoms with Gasteiger partial charge in [0.1, 0.15) is 0 Å². The summed E-state index contributed by atoms with van der Waals surface area (Å²) < 4.78 is 0. The molecular formula is C21H30ClN5O. The lowest BCUT2D eigenvalue weighted by molar-refractivity contribution is 0.0943. The van der Waals surface area contributed by atoms with Crippen molar-refractivity contribution < 1.29 is 4.79 Å². The molecular weight excluding hydrogens is 374 g/mol. The molecule has 152 valence electrons. The Hall–Kier alpha value is -2.05. The molecule has 2 aromatic rings. The lowest BCUT2D eigenvalue weighted by Gasteiger charge is -2.36. The average molecular weight is 404 g/mol. The van der Waals surface area contributed by atoms with E-state index in [0.717, 1.165) is 68.4 Å². The number of aromatic amines is 1. The van der Waals surface area contributed by atoms with E-state index < -0.39 is 0 Å². The van der Waals surface area contributed by atoms with Crippen molar-refractivity contribution in [1.29, 1.82) is 0 Å². The first kappa shape index (κ1) is 20.7. The SMILES string of the molecule is CCc1cccc(N2CCN(CCCCNC(=O)c3nc(C)c[nH]3)CC2)c1Cl. The maximum atomic E-state index is 11.9. The molecule has 0 aliphatic carbocycles. The molecule has 6 nitrogen and oxygen atoms in total. The van der Waals surface area contributed by atoms with Gasteiger partial charge in [-0.25, -0.2) is 4.98 Å². The number of piperazine rings is 1. The fraction of sp³-hybridized carbons (Fsp3) is 0.524. The van der Waals surface area contributed by atoms with Crippen LogP contribution < -0.4 is 10.2 Å². The van der Waals surface area contributed by atoms with Gasteiger partial charge in [0.2, 0.25) is 0 Å². The third kappa shape index (κ3) is 5.26. The summed E-state index contributed by atoms with van der Waals surface area (Å²) in [5.41, 5.74) is 3.21. The van der Waals surface area contributed by atoms with E-state index in [9.17, 15) is 4.79 Å². The molecule has 2 N–H and O–H groups in total. The minimum atomic E-state index is -0.132. The molecule has 1 amide bonds. The summed E-state index contributed by atoms with van der Waals surface area (Å²) in [5, 5.41) is 3.83. The Labute approximate surface area is 172 Å². The number of aromatic nitrogens is 2. The number of carbonyl (C=O) groups excluding carboxylic acids is 1. The standard InChI is InChI=1S/C21H30ClN5O/c1-3-17-7-6-8-18(19(17)22)27-13-11-26(12-14-27)10-5-4-9-23-21(28)20-24-15-16(2)25-20/h6-8,15H,3-5,9-14H2,1-2H3,(H,23,28)(H,24,25). The van der Waals surface area contributed by atoms with E-state index in [0.29, 0.717) is 12.4 Å². The first-order valence-electron chi connectivity index (χ1n) is 10.1. The number of amides is 1. The van der Waals surface area contributed by atoms with E-state index in [1.165, 1.54) is 5.56 Å². The molecule has 1 aliphatic rings. The molecule has 0 spiro atoms. The zero-order chi connectivity index (χ0) is 19.9. The molecule has 0 unspecified atom stereocenters. The zero-order valence-electron chi connectivity index (χ0n) is 16.8. The number of nitrogens with zero attached hydrogens (tertiary/aromatic N) is 3. The molecule has 1 aromatic carbocycles. The summed E-state index contributed by atoms with van der Waals surface area (Å²) in [5.74, 6) is 0.257. The number of carbonyl (C=O) groups is 1. The third-order valence-electron chi connectivity index (χ3n) is 5.26. The Kier molecular flexibility index (Phi) is 7.34. The molecule has 0 saturated carbocycles. The van der Waals surface area contributed by atoms with Crippen LogP contribution in [0.3, 0.4) is 0 Å². The number of nitrogens with one attached hydrogen (secondary N) is 2. The van der Waals surface area contributed by atoms with Gasteiger partial charge in [-0.05, 0) is 44.4 Å². The van der Waals surface area contributed by atoms with Crippen molar-refractivity contribution in [2.75, 3.05) is 44.2 Å². The highest BCUT2D eigenvalue weighted by atomic mass is 35.5. The first-order valence-corrected chi connectivity index (χ1v) is 10.5. The second kappa shape index (κ2) is 9.94. The van der Waals surface area contributed by atoms with E-state index >= 15 is 0 Å². The van der Waals surface area contributed by atoms with Gasteiger partial charge in [0.15, 0.2) is 5.82 Å². The van der Waals surface area contributed by atoms with Crippen LogP contribution in [0.5, 0.6) is 0 Å². The van der Waals surface area contributed by atoms with Crippen LogP contribution in [0, 0.1) is 6.92 Å². The molecule has 7 heteroatoms. The van der Waals surface area contributed by atoms with E-state index in [2.05, 4.69) is 50.2 Å². The quantitative estimate of drug-likeness (QED) is 0.664. The topological polar surface area (TPSA) is 64.3 Å². The Bertz CT molecular complexity index is 783. The highest BCUT2D eigenvalue weighted by Gasteiger charge is 2.19. The number of hydrogen-bond acceptors (Lipinski definition) is 4. The lowest BCUT2D eigenvalue weighted by atomic mass is 10.1. The summed E-state index contributed by atoms with van der Waals surface area (Å²) in [6, 6.07) is 6.33. The van der Waals surface area contributed by atoms with Gasteiger partial charge in [0.05, 0.1) is 16.4 Å². The van der Waals surface area contributed by atoms with Gasteiger partial charge in [0, 0.05) is 38.9 Å². The van der Waals surface area contributed by atoms with Gasteiger partial charge >= 0.3 is 0 Å². The monoisotopic (exact) mass is 403 g/mol. The van der Waals surface area contributed by atoms with Gasteiger partial charge < -0.3 is 15.2 Å². The fourth-order valence-electron chi connectivity index (χ4n) is 3.57. The Balaban J connectivity index is 1.34. The van der Waals surface area contributed by atoms with Crippen molar-refractivity contribution in [2.24, 2.45) is 0 Å². The van der Waals surface area contributed by atoms with Gasteiger partial charge in [-0.2, -0.15) is 0 Å². The second-order valence-electron chi connectivity index (χ2n) is 7.29. The van der Waals surface area contributed by atoms with Crippen LogP contribution in [-0.2, 0) is 6.42 Å². The van der Waals surface area contributed by atoms with Crippen molar-refractivity contribution in [3.8, 4) is 0 Å². The summed E-state index contributed by atoms with van der Waals surface area (Å²) in [4.78, 5) is 23.8. The molecule has 0 atom stereocenters. The maximum Gasteiger partial charge on any atom is 0.287 e. The molecule has 3 rings (SSSR count). The van der Waals surface area contributed by atoms with Crippen molar-refractivity contribution in [2.45, 2.75) is 33.1 Å². The minimum Gasteiger partial charge on any atom is -0.368 e. The number of rotatable bonds is 8. The highest BCUT2D eigenvalue weighted by molar-refractivity contribution is 6.34. The predicted molar refractivity (Wildman–Crippen MR) is 114 cm³/mol. The minimum absolute atomic E-state index is 0.132. The number of H-pyrrole nitrogens is 1. The van der Waals surface area contributed by atoms with Gasteiger partial charge in [0.25, 0.3) is 5.91 Å². The van der Waals surface area contributed by atoms with Crippen molar-refractivity contribution >= 4 is 23.2 Å². The van der Waals surface area contributed by atoms with Gasteiger partial charge in [-0.3, -0.25) is 9.69 Å². The largest absolute Gasteiger partial charge is 0.368 e. The summed E-state index contributed by atoms with van der Waals surface area (Å²) >= 11 is 6.57. The van der Waals surface area contributed by atoms with Gasteiger partial charge in [-0.15, -0.1) is 0 Å². The van der Waals surface area contributed by atoms with Crippen molar-refractivity contribution in [3.63, 3.8) is 0 Å². The summed E-state index contributed by atoms with van der Waals surface area (Å²) in [6.45, 7) is 9.84. The number of hydrogen-bond donors (Lipinski definition) is 2. The van der Waals surface area contributed by atoms with Crippen LogP contribution in [-0.4, -0.2) is 60.0 Å². The Morgan fingerprint density at radius 3 is 2.71 bits per heavy atom. The number of halogens is 1. The zero-order valence-corrected chi connectivity index (χ0v) is 17.6. The summed E-state index contributed by atoms with van der Waals surface area (Å²) in [7, 11) is 0. The van der Waals surface area contributed by atoms with Crippen molar-refractivity contribution in [1.82, 2.24) is 20.2 Å². The third-order valence-corrected chi connectivity index (χ3v) is 5.70. The smallest absolute Gasteiger partial charge is 0.287 e. The molecule has 1 aromatic heterocycles. The lowest BCUT2D eigenvalue weighted by Crippen LogP contribution is -2.46. The van der Waals surface area contributed by atoms with Crippen LogP contribution >= 0.6 is 11.6 Å². The first-order chi connectivity index (χ1) is 13.6. The molecule has 28 heavy (non-hydrogen) atoms. The maximum absolute atomic E-state index is 11.9. The average Bonchev–Trinajstić information content (AvgIpc) is 3.15. The van der Waals surface area contributed by atoms with E-state index in [4.69, 9.17) is 11.6 Å². The molecule has 1 saturated heterocycles. The van der Waals surface area contributed by atoms with Crippen molar-refractivity contribution in [3.05, 3.63) is 46.5 Å². The molecule has 2 heterocycles. The van der Waals surface area contributed by atoms with Crippen LogP contribution in [0.2, 0.25) is 5.02 Å². The number of anilines is 1. The number of imidazole rings is 1. The predicted octanol–water partition coefficient (Wildman–Crippen LogP) is 3.27. The van der Waals surface area contributed by atoms with E-state index in [1.807, 2.05) is 6.92 Å². The second-order valence-corrected chi connectivity index (χ2v) is 7.66. The number of benzene rings is 1. The van der Waals surface area contributed by atoms with Crippen LogP contribution in [0.4, 0.5) is 5.69 Å². The van der Waals surface area contributed by atoms with Crippen LogP contribution in [0.25, 0.3) is 0 Å². The molecule has 1 aliphatic heterocycles. The molecule has 0 bridgehead atoms. The number of aryl methyl sites for hydroxylation is 2. The summed E-state index contributed by atoms with van der Waals surface area (Å²) in [6.07, 6.45) is 4.74. The van der Waals surface area contributed by atoms with E-state index in [-0.39, 0.29) is 5.91 Å². The Morgan fingerprint density at radius 2 is 2.04 bits per heavy atom.